The first kappa shape index (κ1) is 19.4. The highest BCUT2D eigenvalue weighted by Gasteiger charge is 2.18. The van der Waals surface area contributed by atoms with Crippen molar-refractivity contribution in [3.05, 3.63) is 66.6 Å². The SMILES string of the molecule is O=C(CSc1nnc(-c2ccco2)c(-c2ccco2)n1)Nc1ccc(C(=O)O)cc1. The van der Waals surface area contributed by atoms with E-state index >= 15 is 0 Å². The number of benzene rings is 1. The molecule has 9 nitrogen and oxygen atoms in total. The van der Waals surface area contributed by atoms with E-state index in [4.69, 9.17) is 13.9 Å². The zero-order valence-corrected chi connectivity index (χ0v) is 16.1. The Balaban J connectivity index is 1.46. The van der Waals surface area contributed by atoms with Gasteiger partial charge in [-0.2, -0.15) is 0 Å². The maximum Gasteiger partial charge on any atom is 0.335 e. The summed E-state index contributed by atoms with van der Waals surface area (Å²) in [5.74, 6) is -0.276. The number of nitrogens with zero attached hydrogens (tertiary/aromatic N) is 3. The summed E-state index contributed by atoms with van der Waals surface area (Å²) in [6, 6.07) is 12.8. The maximum atomic E-state index is 12.2. The number of carboxylic acid groups (broad SMARTS) is 1. The number of thioether (sulfide) groups is 1. The number of carbonyl (C=O) groups is 2. The van der Waals surface area contributed by atoms with Gasteiger partial charge in [0, 0.05) is 5.69 Å². The van der Waals surface area contributed by atoms with Gasteiger partial charge in [-0.3, -0.25) is 4.79 Å². The lowest BCUT2D eigenvalue weighted by atomic mass is 10.2. The summed E-state index contributed by atoms with van der Waals surface area (Å²) in [6.45, 7) is 0. The van der Waals surface area contributed by atoms with Gasteiger partial charge in [-0.05, 0) is 48.5 Å². The average Bonchev–Trinajstić information content (AvgIpc) is 3.47. The minimum atomic E-state index is -1.03. The largest absolute Gasteiger partial charge is 0.478 e. The lowest BCUT2D eigenvalue weighted by Crippen LogP contribution is -2.14. The first-order chi connectivity index (χ1) is 14.6. The smallest absolute Gasteiger partial charge is 0.335 e. The van der Waals surface area contributed by atoms with E-state index in [1.807, 2.05) is 0 Å². The summed E-state index contributed by atoms with van der Waals surface area (Å²) >= 11 is 1.11. The molecule has 1 amide bonds. The van der Waals surface area contributed by atoms with E-state index in [-0.39, 0.29) is 17.2 Å². The molecule has 0 bridgehead atoms. The third kappa shape index (κ3) is 4.39. The van der Waals surface area contributed by atoms with Gasteiger partial charge in [0.05, 0.1) is 23.8 Å². The topological polar surface area (TPSA) is 131 Å². The molecule has 3 heterocycles. The molecule has 0 fully saturated rings. The van der Waals surface area contributed by atoms with E-state index < -0.39 is 5.97 Å². The van der Waals surface area contributed by atoms with Crippen LogP contribution in [0.3, 0.4) is 0 Å². The van der Waals surface area contributed by atoms with Gasteiger partial charge in [0.25, 0.3) is 0 Å². The number of anilines is 1. The summed E-state index contributed by atoms with van der Waals surface area (Å²) in [7, 11) is 0. The van der Waals surface area contributed by atoms with Gasteiger partial charge >= 0.3 is 5.97 Å². The Morgan fingerprint density at radius 2 is 1.60 bits per heavy atom. The van der Waals surface area contributed by atoms with E-state index in [1.54, 1.807) is 24.3 Å². The van der Waals surface area contributed by atoms with Crippen molar-refractivity contribution in [3.8, 4) is 22.9 Å². The highest BCUT2D eigenvalue weighted by molar-refractivity contribution is 7.99. The van der Waals surface area contributed by atoms with Gasteiger partial charge in [-0.25, -0.2) is 9.78 Å². The number of amides is 1. The molecular weight excluding hydrogens is 408 g/mol. The first-order valence-corrected chi connectivity index (χ1v) is 9.67. The predicted octanol–water partition coefficient (Wildman–Crippen LogP) is 3.82. The second kappa shape index (κ2) is 8.62. The molecule has 0 spiro atoms. The van der Waals surface area contributed by atoms with Crippen LogP contribution < -0.4 is 5.32 Å². The molecule has 0 saturated carbocycles. The van der Waals surface area contributed by atoms with Crippen molar-refractivity contribution in [1.29, 1.82) is 0 Å². The van der Waals surface area contributed by atoms with Crippen LogP contribution in [0.2, 0.25) is 0 Å². The van der Waals surface area contributed by atoms with Gasteiger partial charge in [0.15, 0.2) is 17.2 Å². The van der Waals surface area contributed by atoms with Crippen molar-refractivity contribution < 1.29 is 23.5 Å². The molecule has 0 radical (unpaired) electrons. The van der Waals surface area contributed by atoms with Crippen LogP contribution in [0.1, 0.15) is 10.4 Å². The fraction of sp³-hybridized carbons (Fsp3) is 0.0500. The summed E-state index contributed by atoms with van der Waals surface area (Å²) in [6.07, 6.45) is 3.05. The Hall–Kier alpha value is -3.92. The number of carbonyl (C=O) groups excluding carboxylic acids is 1. The van der Waals surface area contributed by atoms with Gasteiger partial charge < -0.3 is 19.3 Å². The minimum Gasteiger partial charge on any atom is -0.478 e. The molecule has 4 aromatic rings. The number of hydrogen-bond acceptors (Lipinski definition) is 8. The second-order valence-electron chi connectivity index (χ2n) is 5.97. The lowest BCUT2D eigenvalue weighted by Gasteiger charge is -2.07. The third-order valence-corrected chi connectivity index (χ3v) is 4.76. The number of nitrogens with one attached hydrogen (secondary N) is 1. The van der Waals surface area contributed by atoms with Crippen LogP contribution in [0.25, 0.3) is 22.9 Å². The molecule has 0 aliphatic heterocycles. The van der Waals surface area contributed by atoms with Crippen molar-refractivity contribution in [2.45, 2.75) is 5.16 Å². The van der Waals surface area contributed by atoms with Gasteiger partial charge in [-0.15, -0.1) is 10.2 Å². The fourth-order valence-electron chi connectivity index (χ4n) is 2.56. The molecule has 0 aliphatic rings. The first-order valence-electron chi connectivity index (χ1n) is 8.68. The number of rotatable bonds is 7. The predicted molar refractivity (Wildman–Crippen MR) is 108 cm³/mol. The van der Waals surface area contributed by atoms with E-state index in [2.05, 4.69) is 20.5 Å². The Kier molecular flexibility index (Phi) is 5.57. The van der Waals surface area contributed by atoms with Crippen molar-refractivity contribution in [2.24, 2.45) is 0 Å². The van der Waals surface area contributed by atoms with E-state index in [1.165, 1.54) is 36.8 Å². The van der Waals surface area contributed by atoms with Crippen LogP contribution in [0.4, 0.5) is 5.69 Å². The summed E-state index contributed by atoms with van der Waals surface area (Å²) < 4.78 is 10.8. The van der Waals surface area contributed by atoms with Crippen LogP contribution in [0.5, 0.6) is 0 Å². The minimum absolute atomic E-state index is 0.0417. The van der Waals surface area contributed by atoms with Crippen molar-refractivity contribution in [3.63, 3.8) is 0 Å². The number of aromatic nitrogens is 3. The summed E-state index contributed by atoms with van der Waals surface area (Å²) in [5.41, 5.74) is 1.53. The van der Waals surface area contributed by atoms with Crippen molar-refractivity contribution in [2.75, 3.05) is 11.1 Å². The Bertz CT molecular complexity index is 1160. The average molecular weight is 422 g/mol. The molecule has 0 atom stereocenters. The number of furan rings is 2. The summed E-state index contributed by atoms with van der Waals surface area (Å²) in [5, 5.41) is 20.2. The van der Waals surface area contributed by atoms with Crippen LogP contribution in [-0.2, 0) is 4.79 Å². The molecule has 2 N–H and O–H groups in total. The van der Waals surface area contributed by atoms with Gasteiger partial charge in [-0.1, -0.05) is 11.8 Å². The lowest BCUT2D eigenvalue weighted by molar-refractivity contribution is -0.113. The zero-order chi connectivity index (χ0) is 20.9. The fourth-order valence-corrected chi connectivity index (χ4v) is 3.15. The monoisotopic (exact) mass is 422 g/mol. The van der Waals surface area contributed by atoms with Crippen LogP contribution >= 0.6 is 11.8 Å². The van der Waals surface area contributed by atoms with Crippen LogP contribution in [-0.4, -0.2) is 37.9 Å². The molecule has 3 aromatic heterocycles. The van der Waals surface area contributed by atoms with E-state index in [9.17, 15) is 9.59 Å². The molecule has 150 valence electrons. The molecule has 0 unspecified atom stereocenters. The molecular formula is C20H14N4O5S. The molecule has 0 saturated heterocycles. The molecule has 1 aromatic carbocycles. The highest BCUT2D eigenvalue weighted by Crippen LogP contribution is 2.30. The van der Waals surface area contributed by atoms with E-state index in [0.29, 0.717) is 33.8 Å². The van der Waals surface area contributed by atoms with Crippen molar-refractivity contribution in [1.82, 2.24) is 15.2 Å². The van der Waals surface area contributed by atoms with Gasteiger partial charge in [0.2, 0.25) is 11.1 Å². The molecule has 30 heavy (non-hydrogen) atoms. The third-order valence-electron chi connectivity index (χ3n) is 3.92. The second-order valence-corrected chi connectivity index (χ2v) is 6.91. The van der Waals surface area contributed by atoms with E-state index in [0.717, 1.165) is 11.8 Å². The Morgan fingerprint density at radius 1 is 0.933 bits per heavy atom. The van der Waals surface area contributed by atoms with Crippen LogP contribution in [0, 0.1) is 0 Å². The quantitative estimate of drug-likeness (QED) is 0.427. The van der Waals surface area contributed by atoms with Gasteiger partial charge in [0.1, 0.15) is 5.69 Å². The number of carboxylic acids is 1. The zero-order valence-electron chi connectivity index (χ0n) is 15.3. The molecule has 0 aliphatic carbocycles. The van der Waals surface area contributed by atoms with Crippen molar-refractivity contribution >= 4 is 29.3 Å². The highest BCUT2D eigenvalue weighted by atomic mass is 32.2. The standard InChI is InChI=1S/C20H14N4O5S/c25-16(21-13-7-5-12(6-8-13)19(26)27)11-30-20-22-17(14-3-1-9-28-14)18(23-24-20)15-4-2-10-29-15/h1-10H,11H2,(H,21,25)(H,26,27). The van der Waals surface area contributed by atoms with Crippen LogP contribution in [0.15, 0.2) is 75.0 Å². The summed E-state index contributed by atoms with van der Waals surface area (Å²) in [4.78, 5) is 27.6. The Labute approximate surface area is 174 Å². The Morgan fingerprint density at radius 3 is 2.20 bits per heavy atom. The molecule has 10 heteroatoms. The normalized spacial score (nSPS) is 10.7. The molecule has 4 rings (SSSR count). The number of aromatic carboxylic acids is 1. The number of hydrogen-bond donors (Lipinski definition) is 2. The maximum absolute atomic E-state index is 12.2.